The van der Waals surface area contributed by atoms with Crippen molar-refractivity contribution < 1.29 is 4.39 Å². The van der Waals surface area contributed by atoms with Crippen molar-refractivity contribution in [1.82, 2.24) is 0 Å². The third-order valence-corrected chi connectivity index (χ3v) is 3.63. The molecule has 0 nitrogen and oxygen atoms in total. The van der Waals surface area contributed by atoms with E-state index < -0.39 is 0 Å². The fourth-order valence-electron chi connectivity index (χ4n) is 1.22. The molecule has 2 rings (SSSR count). The molecule has 1 atom stereocenters. The highest BCUT2D eigenvalue weighted by molar-refractivity contribution is 8.01. The van der Waals surface area contributed by atoms with Crippen LogP contribution in [0.25, 0.3) is 0 Å². The first-order valence-electron chi connectivity index (χ1n) is 4.17. The lowest BCUT2D eigenvalue weighted by Gasteiger charge is -2.24. The van der Waals surface area contributed by atoms with Crippen molar-refractivity contribution in [2.24, 2.45) is 0 Å². The number of halogens is 2. The first kappa shape index (κ1) is 9.35. The molecular formula is C10H9ClFS. The van der Waals surface area contributed by atoms with Gasteiger partial charge in [0.25, 0.3) is 0 Å². The molecule has 0 bridgehead atoms. The molecule has 3 heteroatoms. The van der Waals surface area contributed by atoms with Gasteiger partial charge in [-0.1, -0.05) is 17.7 Å². The van der Waals surface area contributed by atoms with Crippen LogP contribution < -0.4 is 0 Å². The van der Waals surface area contributed by atoms with E-state index in [1.165, 1.54) is 18.2 Å². The van der Waals surface area contributed by atoms with Crippen LogP contribution in [0.4, 0.5) is 4.39 Å². The average molecular weight is 216 g/mol. The highest BCUT2D eigenvalue weighted by Crippen LogP contribution is 2.32. The number of hydrogen-bond acceptors (Lipinski definition) is 1. The Morgan fingerprint density at radius 1 is 1.54 bits per heavy atom. The number of hydrogen-bond donors (Lipinski definition) is 0. The molecule has 1 saturated heterocycles. The van der Waals surface area contributed by atoms with E-state index in [-0.39, 0.29) is 10.8 Å². The van der Waals surface area contributed by atoms with Gasteiger partial charge in [0, 0.05) is 11.7 Å². The Balaban J connectivity index is 2.07. The molecule has 1 fully saturated rings. The Kier molecular flexibility index (Phi) is 2.80. The molecule has 13 heavy (non-hydrogen) atoms. The second-order valence-corrected chi connectivity index (χ2v) is 4.79. The fourth-order valence-corrected chi connectivity index (χ4v) is 2.09. The summed E-state index contributed by atoms with van der Waals surface area (Å²) in [6, 6.07) is 4.94. The quantitative estimate of drug-likeness (QED) is 0.727. The van der Waals surface area contributed by atoms with Gasteiger partial charge in [-0.3, -0.25) is 0 Å². The molecule has 0 aromatic heterocycles. The summed E-state index contributed by atoms with van der Waals surface area (Å²) in [7, 11) is 0. The zero-order valence-electron chi connectivity index (χ0n) is 6.97. The van der Waals surface area contributed by atoms with Gasteiger partial charge in [-0.2, -0.15) is 11.8 Å². The summed E-state index contributed by atoms with van der Waals surface area (Å²) in [6.45, 7) is 0. The lowest BCUT2D eigenvalue weighted by Crippen LogP contribution is -2.16. The first-order valence-corrected chi connectivity index (χ1v) is 5.60. The third kappa shape index (κ3) is 2.18. The summed E-state index contributed by atoms with van der Waals surface area (Å²) in [4.78, 5) is 0. The minimum Gasteiger partial charge on any atom is -0.205 e. The minimum absolute atomic E-state index is 0.193. The van der Waals surface area contributed by atoms with Crippen LogP contribution in [0.15, 0.2) is 18.2 Å². The molecule has 1 aliphatic rings. The summed E-state index contributed by atoms with van der Waals surface area (Å²) in [5, 5.41) is 0.763. The first-order chi connectivity index (χ1) is 6.25. The Morgan fingerprint density at radius 2 is 2.31 bits per heavy atom. The van der Waals surface area contributed by atoms with Gasteiger partial charge in [0.2, 0.25) is 0 Å². The molecule has 0 N–H and O–H groups in total. The molecule has 0 spiro atoms. The van der Waals surface area contributed by atoms with Crippen molar-refractivity contribution >= 4 is 23.4 Å². The van der Waals surface area contributed by atoms with E-state index in [2.05, 4.69) is 6.42 Å². The summed E-state index contributed by atoms with van der Waals surface area (Å²) in [5.74, 6) is 0.886. The Labute approximate surface area is 86.5 Å². The van der Waals surface area contributed by atoms with Crippen molar-refractivity contribution in [2.45, 2.75) is 11.7 Å². The average Bonchev–Trinajstić information content (AvgIpc) is 2.04. The minimum atomic E-state index is -0.334. The topological polar surface area (TPSA) is 0 Å². The van der Waals surface area contributed by atoms with Crippen LogP contribution in [0.2, 0.25) is 5.02 Å². The molecule has 1 aliphatic heterocycles. The Morgan fingerprint density at radius 3 is 2.85 bits per heavy atom. The maximum absolute atomic E-state index is 13.0. The molecule has 1 aromatic carbocycles. The summed E-state index contributed by atoms with van der Waals surface area (Å²) < 4.78 is 13.0. The summed E-state index contributed by atoms with van der Waals surface area (Å²) >= 11 is 7.47. The van der Waals surface area contributed by atoms with Gasteiger partial charge in [0.1, 0.15) is 5.82 Å². The molecule has 0 aliphatic carbocycles. The SMILES string of the molecule is Fc1cc([CH]C2CCS2)ccc1Cl. The van der Waals surface area contributed by atoms with Crippen LogP contribution in [-0.4, -0.2) is 11.0 Å². The van der Waals surface area contributed by atoms with E-state index in [1.54, 1.807) is 6.07 Å². The van der Waals surface area contributed by atoms with Gasteiger partial charge in [-0.15, -0.1) is 0 Å². The van der Waals surface area contributed by atoms with E-state index >= 15 is 0 Å². The van der Waals surface area contributed by atoms with Crippen LogP contribution in [-0.2, 0) is 0 Å². The predicted molar refractivity (Wildman–Crippen MR) is 55.7 cm³/mol. The molecule has 0 saturated carbocycles. The zero-order valence-corrected chi connectivity index (χ0v) is 8.54. The van der Waals surface area contributed by atoms with Crippen LogP contribution in [0, 0.1) is 12.2 Å². The lowest BCUT2D eigenvalue weighted by atomic mass is 10.1. The molecule has 1 unspecified atom stereocenters. The van der Waals surface area contributed by atoms with Crippen molar-refractivity contribution in [3.05, 3.63) is 41.0 Å². The molecular weight excluding hydrogens is 207 g/mol. The standard InChI is InChI=1S/C10H9ClFS/c11-9-2-1-7(6-10(9)12)5-8-3-4-13-8/h1-2,5-6,8H,3-4H2. The van der Waals surface area contributed by atoms with Crippen molar-refractivity contribution in [2.75, 3.05) is 5.75 Å². The second kappa shape index (κ2) is 3.89. The van der Waals surface area contributed by atoms with Gasteiger partial charge in [0.05, 0.1) is 5.02 Å². The van der Waals surface area contributed by atoms with Gasteiger partial charge in [-0.05, 0) is 29.9 Å². The van der Waals surface area contributed by atoms with Crippen LogP contribution >= 0.6 is 23.4 Å². The third-order valence-electron chi connectivity index (χ3n) is 2.06. The maximum Gasteiger partial charge on any atom is 0.142 e. The van der Waals surface area contributed by atoms with Crippen LogP contribution in [0.5, 0.6) is 0 Å². The zero-order chi connectivity index (χ0) is 9.26. The second-order valence-electron chi connectivity index (χ2n) is 3.04. The van der Waals surface area contributed by atoms with E-state index in [0.717, 1.165) is 5.56 Å². The van der Waals surface area contributed by atoms with E-state index in [1.807, 2.05) is 17.8 Å². The van der Waals surface area contributed by atoms with Crippen molar-refractivity contribution in [1.29, 1.82) is 0 Å². The molecule has 1 aromatic rings. The molecule has 1 radical (unpaired) electrons. The lowest BCUT2D eigenvalue weighted by molar-refractivity contribution is 0.627. The molecule has 69 valence electrons. The summed E-state index contributed by atoms with van der Waals surface area (Å²) in [5.41, 5.74) is 0.930. The number of rotatable bonds is 2. The largest absolute Gasteiger partial charge is 0.205 e. The Bertz CT molecular complexity index is 310. The fraction of sp³-hybridized carbons (Fsp3) is 0.300. The van der Waals surface area contributed by atoms with E-state index in [4.69, 9.17) is 11.6 Å². The Hall–Kier alpha value is -0.210. The van der Waals surface area contributed by atoms with Crippen molar-refractivity contribution in [3.63, 3.8) is 0 Å². The van der Waals surface area contributed by atoms with Crippen LogP contribution in [0.3, 0.4) is 0 Å². The molecule has 1 heterocycles. The predicted octanol–water partition coefficient (Wildman–Crippen LogP) is 3.54. The van der Waals surface area contributed by atoms with Gasteiger partial charge >= 0.3 is 0 Å². The number of benzene rings is 1. The van der Waals surface area contributed by atoms with Gasteiger partial charge in [-0.25, -0.2) is 4.39 Å². The van der Waals surface area contributed by atoms with E-state index in [0.29, 0.717) is 5.25 Å². The molecule has 0 amide bonds. The smallest absolute Gasteiger partial charge is 0.142 e. The normalized spacial score (nSPS) is 21.2. The number of thioether (sulfide) groups is 1. The van der Waals surface area contributed by atoms with Crippen molar-refractivity contribution in [3.8, 4) is 0 Å². The maximum atomic E-state index is 13.0. The summed E-state index contributed by atoms with van der Waals surface area (Å²) in [6.07, 6.45) is 3.29. The van der Waals surface area contributed by atoms with Gasteiger partial charge in [0.15, 0.2) is 0 Å². The van der Waals surface area contributed by atoms with Gasteiger partial charge < -0.3 is 0 Å². The highest BCUT2D eigenvalue weighted by atomic mass is 35.5. The van der Waals surface area contributed by atoms with Crippen LogP contribution in [0.1, 0.15) is 12.0 Å². The van der Waals surface area contributed by atoms with E-state index in [9.17, 15) is 4.39 Å². The monoisotopic (exact) mass is 215 g/mol. The highest BCUT2D eigenvalue weighted by Gasteiger charge is 2.18.